The molecule has 1 atom stereocenters. The van der Waals surface area contributed by atoms with E-state index in [4.69, 9.17) is 4.74 Å². The van der Waals surface area contributed by atoms with Gasteiger partial charge in [-0.1, -0.05) is 13.8 Å². The molecule has 1 aliphatic carbocycles. The molecule has 0 heterocycles. The lowest BCUT2D eigenvalue weighted by Crippen LogP contribution is -2.56. The largest absolute Gasteiger partial charge is 0.480 e. The Balaban J connectivity index is 2.93. The van der Waals surface area contributed by atoms with Crippen LogP contribution in [-0.4, -0.2) is 39.8 Å². The molecule has 1 rings (SSSR count). The Hall–Kier alpha value is -1.26. The van der Waals surface area contributed by atoms with Crippen molar-refractivity contribution in [3.05, 3.63) is 0 Å². The zero-order chi connectivity index (χ0) is 14.8. The number of carboxylic acid groups (broad SMARTS) is 1. The molecule has 0 aromatic carbocycles. The number of amides is 1. The second-order valence-corrected chi connectivity index (χ2v) is 6.50. The zero-order valence-corrected chi connectivity index (χ0v) is 12.5. The van der Waals surface area contributed by atoms with Crippen LogP contribution in [0.5, 0.6) is 0 Å². The topological polar surface area (TPSA) is 66.8 Å². The van der Waals surface area contributed by atoms with Crippen LogP contribution in [0.3, 0.4) is 0 Å². The molecular weight excluding hydrogens is 246 g/mol. The monoisotopic (exact) mass is 271 g/mol. The van der Waals surface area contributed by atoms with Gasteiger partial charge in [0.15, 0.2) is 0 Å². The first-order chi connectivity index (χ1) is 8.63. The van der Waals surface area contributed by atoms with Gasteiger partial charge in [0.1, 0.15) is 11.6 Å². The number of carboxylic acids is 1. The van der Waals surface area contributed by atoms with Crippen molar-refractivity contribution in [3.8, 4) is 0 Å². The number of carbonyl (C=O) groups is 2. The highest BCUT2D eigenvalue weighted by Gasteiger charge is 2.41. The minimum absolute atomic E-state index is 0.00153. The van der Waals surface area contributed by atoms with Crippen LogP contribution >= 0.6 is 0 Å². The molecular formula is C14H25NO4. The van der Waals surface area contributed by atoms with Crippen molar-refractivity contribution < 1.29 is 19.4 Å². The standard InChI is InChI=1S/C14H25NO4/c1-9(2)11(12(16)17)15(10-7-6-8-10)13(18)19-14(3,4)5/h9-11H,6-8H2,1-5H3,(H,16,17). The summed E-state index contributed by atoms with van der Waals surface area (Å²) < 4.78 is 5.36. The Bertz CT molecular complexity index is 342. The van der Waals surface area contributed by atoms with Crippen LogP contribution in [0.1, 0.15) is 53.9 Å². The highest BCUT2D eigenvalue weighted by Crippen LogP contribution is 2.30. The van der Waals surface area contributed by atoms with E-state index in [1.807, 2.05) is 13.8 Å². The first kappa shape index (κ1) is 15.8. The van der Waals surface area contributed by atoms with Gasteiger partial charge in [-0.05, 0) is 46.0 Å². The molecule has 0 aromatic rings. The number of ether oxygens (including phenoxy) is 1. The molecule has 0 radical (unpaired) electrons. The highest BCUT2D eigenvalue weighted by molar-refractivity contribution is 5.80. The Labute approximate surface area is 114 Å². The molecule has 0 spiro atoms. The number of hydrogen-bond donors (Lipinski definition) is 1. The average molecular weight is 271 g/mol. The minimum atomic E-state index is -0.965. The third kappa shape index (κ3) is 4.11. The van der Waals surface area contributed by atoms with Gasteiger partial charge in [-0.3, -0.25) is 4.90 Å². The van der Waals surface area contributed by atoms with E-state index in [2.05, 4.69) is 0 Å². The number of nitrogens with zero attached hydrogens (tertiary/aromatic N) is 1. The number of carbonyl (C=O) groups excluding carboxylic acids is 1. The van der Waals surface area contributed by atoms with Gasteiger partial charge < -0.3 is 9.84 Å². The summed E-state index contributed by atoms with van der Waals surface area (Å²) in [5.41, 5.74) is -0.612. The van der Waals surface area contributed by atoms with E-state index in [9.17, 15) is 14.7 Å². The lowest BCUT2D eigenvalue weighted by molar-refractivity contribution is -0.146. The molecule has 1 saturated carbocycles. The molecule has 1 fully saturated rings. The number of rotatable bonds is 4. The van der Waals surface area contributed by atoms with Crippen LogP contribution in [0.15, 0.2) is 0 Å². The molecule has 0 aliphatic heterocycles. The summed E-state index contributed by atoms with van der Waals surface area (Å²) in [5, 5.41) is 9.38. The van der Waals surface area contributed by atoms with Crippen LogP contribution in [0.25, 0.3) is 0 Å². The van der Waals surface area contributed by atoms with Gasteiger partial charge in [-0.25, -0.2) is 9.59 Å². The summed E-state index contributed by atoms with van der Waals surface area (Å²) in [6, 6.07) is -0.821. The summed E-state index contributed by atoms with van der Waals surface area (Å²) in [4.78, 5) is 25.2. The molecule has 19 heavy (non-hydrogen) atoms. The van der Waals surface area contributed by atoms with E-state index in [1.165, 1.54) is 4.90 Å². The van der Waals surface area contributed by atoms with Crippen LogP contribution < -0.4 is 0 Å². The van der Waals surface area contributed by atoms with Gasteiger partial charge in [0, 0.05) is 6.04 Å². The Morgan fingerprint density at radius 1 is 1.26 bits per heavy atom. The predicted molar refractivity (Wildman–Crippen MR) is 72.0 cm³/mol. The first-order valence-electron chi connectivity index (χ1n) is 6.87. The second-order valence-electron chi connectivity index (χ2n) is 6.50. The minimum Gasteiger partial charge on any atom is -0.480 e. The Kier molecular flexibility index (Phi) is 4.82. The fraction of sp³-hybridized carbons (Fsp3) is 0.857. The molecule has 1 unspecified atom stereocenters. The lowest BCUT2D eigenvalue weighted by atomic mass is 9.88. The quantitative estimate of drug-likeness (QED) is 0.853. The summed E-state index contributed by atoms with van der Waals surface area (Å²) in [7, 11) is 0. The maximum atomic E-state index is 12.3. The van der Waals surface area contributed by atoms with Gasteiger partial charge in [0.25, 0.3) is 0 Å². The zero-order valence-electron chi connectivity index (χ0n) is 12.5. The molecule has 5 nitrogen and oxygen atoms in total. The third-order valence-corrected chi connectivity index (χ3v) is 3.26. The smallest absolute Gasteiger partial charge is 0.411 e. The Morgan fingerprint density at radius 2 is 1.79 bits per heavy atom. The van der Waals surface area contributed by atoms with E-state index >= 15 is 0 Å². The average Bonchev–Trinajstić information content (AvgIpc) is 2.09. The van der Waals surface area contributed by atoms with Gasteiger partial charge in [-0.2, -0.15) is 0 Å². The van der Waals surface area contributed by atoms with Gasteiger partial charge in [-0.15, -0.1) is 0 Å². The second kappa shape index (κ2) is 5.80. The fourth-order valence-electron chi connectivity index (χ4n) is 2.19. The van der Waals surface area contributed by atoms with E-state index < -0.39 is 23.7 Å². The predicted octanol–water partition coefficient (Wildman–Crippen LogP) is 2.89. The summed E-state index contributed by atoms with van der Waals surface area (Å²) in [6.45, 7) is 8.99. The molecule has 0 saturated heterocycles. The summed E-state index contributed by atoms with van der Waals surface area (Å²) in [6.07, 6.45) is 2.23. The maximum absolute atomic E-state index is 12.3. The number of hydrogen-bond acceptors (Lipinski definition) is 3. The van der Waals surface area contributed by atoms with Gasteiger partial charge in [0.05, 0.1) is 0 Å². The molecule has 1 N–H and O–H groups in total. The van der Waals surface area contributed by atoms with E-state index in [0.29, 0.717) is 0 Å². The van der Waals surface area contributed by atoms with Crippen molar-refractivity contribution in [2.24, 2.45) is 5.92 Å². The molecule has 0 bridgehead atoms. The summed E-state index contributed by atoms with van der Waals surface area (Å²) in [5.74, 6) is -1.11. The van der Waals surface area contributed by atoms with E-state index in [-0.39, 0.29) is 12.0 Å². The van der Waals surface area contributed by atoms with Crippen LogP contribution in [0, 0.1) is 5.92 Å². The van der Waals surface area contributed by atoms with Crippen LogP contribution in [0.2, 0.25) is 0 Å². The van der Waals surface area contributed by atoms with E-state index in [1.54, 1.807) is 20.8 Å². The summed E-state index contributed by atoms with van der Waals surface area (Å²) >= 11 is 0. The van der Waals surface area contributed by atoms with Gasteiger partial charge >= 0.3 is 12.1 Å². The fourth-order valence-corrected chi connectivity index (χ4v) is 2.19. The highest BCUT2D eigenvalue weighted by atomic mass is 16.6. The molecule has 5 heteroatoms. The number of aliphatic carboxylic acids is 1. The van der Waals surface area contributed by atoms with Crippen molar-refractivity contribution in [1.82, 2.24) is 4.90 Å². The SMILES string of the molecule is CC(C)C(C(=O)O)N(C(=O)OC(C)(C)C)C1CCC1. The first-order valence-corrected chi connectivity index (χ1v) is 6.87. The Morgan fingerprint density at radius 3 is 2.05 bits per heavy atom. The van der Waals surface area contributed by atoms with Crippen molar-refractivity contribution in [2.45, 2.75) is 71.6 Å². The van der Waals surface area contributed by atoms with E-state index in [0.717, 1.165) is 19.3 Å². The van der Waals surface area contributed by atoms with Crippen molar-refractivity contribution in [1.29, 1.82) is 0 Å². The van der Waals surface area contributed by atoms with Crippen molar-refractivity contribution in [2.75, 3.05) is 0 Å². The van der Waals surface area contributed by atoms with Crippen molar-refractivity contribution >= 4 is 12.1 Å². The van der Waals surface area contributed by atoms with Gasteiger partial charge in [0.2, 0.25) is 0 Å². The third-order valence-electron chi connectivity index (χ3n) is 3.26. The lowest BCUT2D eigenvalue weighted by Gasteiger charge is -2.42. The maximum Gasteiger partial charge on any atom is 0.411 e. The normalized spacial score (nSPS) is 17.8. The molecule has 1 aliphatic rings. The van der Waals surface area contributed by atoms with Crippen LogP contribution in [-0.2, 0) is 9.53 Å². The molecule has 110 valence electrons. The molecule has 0 aromatic heterocycles. The van der Waals surface area contributed by atoms with Crippen LogP contribution in [0.4, 0.5) is 4.79 Å². The molecule has 1 amide bonds. The van der Waals surface area contributed by atoms with Crippen molar-refractivity contribution in [3.63, 3.8) is 0 Å².